The summed E-state index contributed by atoms with van der Waals surface area (Å²) in [5.74, 6) is -0.143. The van der Waals surface area contributed by atoms with E-state index in [1.807, 2.05) is 13.0 Å². The summed E-state index contributed by atoms with van der Waals surface area (Å²) in [6.45, 7) is 2.74. The molecule has 1 N–H and O–H groups in total. The van der Waals surface area contributed by atoms with Crippen molar-refractivity contribution in [3.63, 3.8) is 0 Å². The van der Waals surface area contributed by atoms with Crippen LogP contribution in [0.1, 0.15) is 18.1 Å². The standard InChI is InChI=1S/C9H11FIN/c1-2-7-3-8(6-12-11)5-9(10)4-7/h3-5,12H,2,6H2,1H3. The number of rotatable bonds is 3. The summed E-state index contributed by atoms with van der Waals surface area (Å²) in [5.41, 5.74) is 2.05. The predicted octanol–water partition coefficient (Wildman–Crippen LogP) is 2.83. The highest BCUT2D eigenvalue weighted by Crippen LogP contribution is 2.09. The number of hydrogen-bond acceptors (Lipinski definition) is 1. The highest BCUT2D eigenvalue weighted by Gasteiger charge is 1.98. The van der Waals surface area contributed by atoms with Crippen LogP contribution >= 0.6 is 22.9 Å². The van der Waals surface area contributed by atoms with Gasteiger partial charge in [0.15, 0.2) is 0 Å². The minimum absolute atomic E-state index is 0.143. The summed E-state index contributed by atoms with van der Waals surface area (Å²) in [5, 5.41) is 0. The highest BCUT2D eigenvalue weighted by molar-refractivity contribution is 14.1. The molecule has 0 fully saturated rings. The van der Waals surface area contributed by atoms with Gasteiger partial charge >= 0.3 is 0 Å². The first-order chi connectivity index (χ1) is 5.76. The molecule has 1 nitrogen and oxygen atoms in total. The molecule has 12 heavy (non-hydrogen) atoms. The molecule has 0 unspecified atom stereocenters. The zero-order chi connectivity index (χ0) is 8.97. The molecule has 3 heteroatoms. The smallest absolute Gasteiger partial charge is 0.123 e. The number of benzene rings is 1. The minimum atomic E-state index is -0.143. The number of nitrogens with one attached hydrogen (secondary N) is 1. The van der Waals surface area contributed by atoms with Crippen molar-refractivity contribution in [1.82, 2.24) is 3.53 Å². The van der Waals surface area contributed by atoms with Gasteiger partial charge in [0.05, 0.1) is 0 Å². The van der Waals surface area contributed by atoms with E-state index in [9.17, 15) is 4.39 Å². The van der Waals surface area contributed by atoms with Crippen LogP contribution in [0.25, 0.3) is 0 Å². The van der Waals surface area contributed by atoms with Crippen LogP contribution in [-0.2, 0) is 13.0 Å². The van der Waals surface area contributed by atoms with E-state index in [0.717, 1.165) is 17.5 Å². The number of aryl methyl sites for hydroxylation is 1. The first-order valence-corrected chi connectivity index (χ1v) is 4.96. The molecule has 0 amide bonds. The minimum Gasteiger partial charge on any atom is -0.257 e. The van der Waals surface area contributed by atoms with E-state index in [2.05, 4.69) is 26.4 Å². The molecule has 0 spiro atoms. The van der Waals surface area contributed by atoms with Crippen molar-refractivity contribution in [2.75, 3.05) is 0 Å². The SMILES string of the molecule is CCc1cc(F)cc(CNI)c1. The van der Waals surface area contributed by atoms with E-state index in [0.29, 0.717) is 6.54 Å². The fourth-order valence-electron chi connectivity index (χ4n) is 1.10. The molecule has 0 atom stereocenters. The molecule has 0 radical (unpaired) electrons. The van der Waals surface area contributed by atoms with E-state index in [1.54, 1.807) is 12.1 Å². The number of hydrogen-bond donors (Lipinski definition) is 1. The Labute approximate surface area is 85.9 Å². The second kappa shape index (κ2) is 4.77. The van der Waals surface area contributed by atoms with Gasteiger partial charge in [-0.25, -0.2) is 4.39 Å². The summed E-state index contributed by atoms with van der Waals surface area (Å²) >= 11 is 2.05. The lowest BCUT2D eigenvalue weighted by atomic mass is 10.1. The molecule has 0 aliphatic carbocycles. The van der Waals surface area contributed by atoms with Crippen molar-refractivity contribution in [3.05, 3.63) is 35.1 Å². The third-order valence-corrected chi connectivity index (χ3v) is 2.08. The second-order valence-corrected chi connectivity index (χ2v) is 3.39. The van der Waals surface area contributed by atoms with Crippen LogP contribution in [0.15, 0.2) is 18.2 Å². The quantitative estimate of drug-likeness (QED) is 0.662. The Morgan fingerprint density at radius 1 is 1.33 bits per heavy atom. The van der Waals surface area contributed by atoms with Gasteiger partial charge in [0.2, 0.25) is 0 Å². The topological polar surface area (TPSA) is 12.0 Å². The third kappa shape index (κ3) is 2.71. The fraction of sp³-hybridized carbons (Fsp3) is 0.333. The van der Waals surface area contributed by atoms with E-state index in [1.165, 1.54) is 0 Å². The molecule has 1 aromatic rings. The zero-order valence-electron chi connectivity index (χ0n) is 6.90. The third-order valence-electron chi connectivity index (χ3n) is 1.70. The van der Waals surface area contributed by atoms with Crippen LogP contribution in [0.5, 0.6) is 0 Å². The Morgan fingerprint density at radius 3 is 2.58 bits per heavy atom. The van der Waals surface area contributed by atoms with Crippen LogP contribution in [-0.4, -0.2) is 0 Å². The summed E-state index contributed by atoms with van der Waals surface area (Å²) in [4.78, 5) is 0. The van der Waals surface area contributed by atoms with Crippen molar-refractivity contribution in [2.45, 2.75) is 19.9 Å². The van der Waals surface area contributed by atoms with Crippen LogP contribution in [0.2, 0.25) is 0 Å². The van der Waals surface area contributed by atoms with E-state index in [4.69, 9.17) is 0 Å². The van der Waals surface area contributed by atoms with Crippen LogP contribution in [0.3, 0.4) is 0 Å². The van der Waals surface area contributed by atoms with Crippen LogP contribution < -0.4 is 3.53 Å². The van der Waals surface area contributed by atoms with Crippen molar-refractivity contribution in [3.8, 4) is 0 Å². The molecule has 0 aliphatic rings. The normalized spacial score (nSPS) is 10.2. The van der Waals surface area contributed by atoms with Crippen LogP contribution in [0, 0.1) is 5.82 Å². The maximum atomic E-state index is 12.9. The Kier molecular flexibility index (Phi) is 3.94. The Morgan fingerprint density at radius 2 is 2.00 bits per heavy atom. The molecule has 0 saturated carbocycles. The van der Waals surface area contributed by atoms with Gasteiger partial charge in [-0.2, -0.15) is 0 Å². The Hall–Kier alpha value is -0.160. The zero-order valence-corrected chi connectivity index (χ0v) is 9.06. The molecule has 66 valence electrons. The number of halogens is 2. The Bertz CT molecular complexity index is 263. The average molecular weight is 279 g/mol. The first-order valence-electron chi connectivity index (χ1n) is 3.88. The monoisotopic (exact) mass is 279 g/mol. The predicted molar refractivity (Wildman–Crippen MR) is 56.6 cm³/mol. The van der Waals surface area contributed by atoms with Gasteiger partial charge in [-0.1, -0.05) is 13.0 Å². The van der Waals surface area contributed by atoms with Gasteiger partial charge in [0, 0.05) is 29.4 Å². The van der Waals surface area contributed by atoms with E-state index in [-0.39, 0.29) is 5.82 Å². The largest absolute Gasteiger partial charge is 0.257 e. The van der Waals surface area contributed by atoms with Crippen LogP contribution in [0.4, 0.5) is 4.39 Å². The maximum absolute atomic E-state index is 12.9. The molecule has 1 aromatic carbocycles. The summed E-state index contributed by atoms with van der Waals surface area (Å²) < 4.78 is 15.9. The van der Waals surface area contributed by atoms with Gasteiger partial charge in [-0.3, -0.25) is 3.53 Å². The molecule has 0 aliphatic heterocycles. The van der Waals surface area contributed by atoms with Gasteiger partial charge in [0.1, 0.15) is 5.82 Å². The Balaban J connectivity index is 2.90. The summed E-state index contributed by atoms with van der Waals surface area (Å²) in [6, 6.07) is 5.16. The fourth-order valence-corrected chi connectivity index (χ4v) is 1.54. The van der Waals surface area contributed by atoms with Gasteiger partial charge in [0.25, 0.3) is 0 Å². The van der Waals surface area contributed by atoms with E-state index < -0.39 is 0 Å². The van der Waals surface area contributed by atoms with Crippen molar-refractivity contribution in [1.29, 1.82) is 0 Å². The molecule has 1 rings (SSSR count). The second-order valence-electron chi connectivity index (χ2n) is 2.63. The molecule has 0 heterocycles. The van der Waals surface area contributed by atoms with Crippen molar-refractivity contribution >= 4 is 22.9 Å². The van der Waals surface area contributed by atoms with Crippen molar-refractivity contribution in [2.24, 2.45) is 0 Å². The molecule has 0 saturated heterocycles. The summed E-state index contributed by atoms with van der Waals surface area (Å²) in [6.07, 6.45) is 0.881. The summed E-state index contributed by atoms with van der Waals surface area (Å²) in [7, 11) is 0. The van der Waals surface area contributed by atoms with Crippen molar-refractivity contribution < 1.29 is 4.39 Å². The van der Waals surface area contributed by atoms with Gasteiger partial charge in [-0.05, 0) is 29.7 Å². The van der Waals surface area contributed by atoms with E-state index >= 15 is 0 Å². The molecule has 0 bridgehead atoms. The molecule has 0 aromatic heterocycles. The lowest BCUT2D eigenvalue weighted by Crippen LogP contribution is -1.99. The highest BCUT2D eigenvalue weighted by atomic mass is 127. The molecular formula is C9H11FIN. The molecular weight excluding hydrogens is 268 g/mol. The lowest BCUT2D eigenvalue weighted by Gasteiger charge is -2.02. The van der Waals surface area contributed by atoms with Gasteiger partial charge < -0.3 is 0 Å². The lowest BCUT2D eigenvalue weighted by molar-refractivity contribution is 0.623. The average Bonchev–Trinajstić information content (AvgIpc) is 2.04. The first kappa shape index (κ1) is 9.92. The maximum Gasteiger partial charge on any atom is 0.123 e. The van der Waals surface area contributed by atoms with Gasteiger partial charge in [-0.15, -0.1) is 0 Å².